The summed E-state index contributed by atoms with van der Waals surface area (Å²) in [5.41, 5.74) is -3.58. The second-order valence-electron chi connectivity index (χ2n) is 3.33. The average Bonchev–Trinajstić information content (AvgIpc) is 2.22. The molecule has 0 unspecified atom stereocenters. The van der Waals surface area contributed by atoms with Crippen molar-refractivity contribution in [3.63, 3.8) is 0 Å². The molecule has 0 aromatic heterocycles. The summed E-state index contributed by atoms with van der Waals surface area (Å²) in [7, 11) is 0. The number of carbonyl (C=O) groups is 1. The monoisotopic (exact) mass is 292 g/mol. The molecule has 0 fully saturated rings. The van der Waals surface area contributed by atoms with Crippen LogP contribution in [-0.2, 0) is 4.79 Å². The van der Waals surface area contributed by atoms with E-state index >= 15 is 0 Å². The molecule has 0 aliphatic carbocycles. The van der Waals surface area contributed by atoms with E-state index in [1.165, 1.54) is 19.1 Å². The maximum absolute atomic E-state index is 12.2. The summed E-state index contributed by atoms with van der Waals surface area (Å²) in [6.45, 7) is 1.47. The SMILES string of the molecule is CC(=O)SCC=Cc1cccc(SC(F)(F)F)c1. The van der Waals surface area contributed by atoms with Crippen LogP contribution in [0.2, 0.25) is 0 Å². The first-order valence-corrected chi connectivity index (χ1v) is 6.83. The van der Waals surface area contributed by atoms with Crippen LogP contribution in [0.3, 0.4) is 0 Å². The van der Waals surface area contributed by atoms with Gasteiger partial charge in [0.2, 0.25) is 0 Å². The molecule has 0 atom stereocenters. The Balaban J connectivity index is 2.62. The summed E-state index contributed by atoms with van der Waals surface area (Å²) in [4.78, 5) is 10.8. The molecule has 1 nitrogen and oxygen atoms in total. The highest BCUT2D eigenvalue weighted by Crippen LogP contribution is 2.37. The highest BCUT2D eigenvalue weighted by Gasteiger charge is 2.29. The van der Waals surface area contributed by atoms with Crippen LogP contribution in [-0.4, -0.2) is 16.4 Å². The van der Waals surface area contributed by atoms with Gasteiger partial charge in [0.15, 0.2) is 5.12 Å². The second-order valence-corrected chi connectivity index (χ2v) is 5.66. The summed E-state index contributed by atoms with van der Waals surface area (Å²) < 4.78 is 36.5. The van der Waals surface area contributed by atoms with E-state index < -0.39 is 5.51 Å². The normalized spacial score (nSPS) is 12.0. The lowest BCUT2D eigenvalue weighted by Crippen LogP contribution is -1.98. The van der Waals surface area contributed by atoms with Crippen LogP contribution in [0.5, 0.6) is 0 Å². The molecule has 98 valence electrons. The van der Waals surface area contributed by atoms with Gasteiger partial charge in [0, 0.05) is 17.6 Å². The quantitative estimate of drug-likeness (QED) is 0.755. The average molecular weight is 292 g/mol. The summed E-state index contributed by atoms with van der Waals surface area (Å²) in [6, 6.07) is 6.17. The van der Waals surface area contributed by atoms with E-state index in [0.29, 0.717) is 11.3 Å². The third-order valence-electron chi connectivity index (χ3n) is 1.78. The lowest BCUT2D eigenvalue weighted by atomic mass is 10.2. The van der Waals surface area contributed by atoms with Crippen LogP contribution in [0.4, 0.5) is 13.2 Å². The van der Waals surface area contributed by atoms with Gasteiger partial charge in [0.25, 0.3) is 0 Å². The number of halogens is 3. The maximum atomic E-state index is 12.2. The van der Waals surface area contributed by atoms with Gasteiger partial charge in [-0.05, 0) is 29.5 Å². The van der Waals surface area contributed by atoms with Gasteiger partial charge < -0.3 is 0 Å². The van der Waals surface area contributed by atoms with Crippen molar-refractivity contribution in [1.82, 2.24) is 0 Å². The van der Waals surface area contributed by atoms with Crippen LogP contribution in [0.1, 0.15) is 12.5 Å². The van der Waals surface area contributed by atoms with Gasteiger partial charge in [-0.2, -0.15) is 13.2 Å². The number of benzene rings is 1. The van der Waals surface area contributed by atoms with Crippen LogP contribution in [0, 0.1) is 0 Å². The molecule has 18 heavy (non-hydrogen) atoms. The zero-order chi connectivity index (χ0) is 13.6. The Morgan fingerprint density at radius 2 is 2.11 bits per heavy atom. The third kappa shape index (κ3) is 6.76. The summed E-state index contributed by atoms with van der Waals surface area (Å²) in [5.74, 6) is 0.520. The molecule has 6 heteroatoms. The topological polar surface area (TPSA) is 17.1 Å². The molecule has 1 aromatic carbocycles. The molecule has 1 rings (SSSR count). The molecular formula is C12H11F3OS2. The van der Waals surface area contributed by atoms with Crippen molar-refractivity contribution in [2.75, 3.05) is 5.75 Å². The Bertz CT molecular complexity index is 441. The first kappa shape index (κ1) is 15.2. The Morgan fingerprint density at radius 1 is 1.39 bits per heavy atom. The third-order valence-corrected chi connectivity index (χ3v) is 3.27. The molecule has 0 radical (unpaired) electrons. The predicted molar refractivity (Wildman–Crippen MR) is 70.5 cm³/mol. The minimum atomic E-state index is -4.27. The molecule has 0 amide bonds. The minimum Gasteiger partial charge on any atom is -0.288 e. The van der Waals surface area contributed by atoms with Crippen molar-refractivity contribution in [1.29, 1.82) is 0 Å². The predicted octanol–water partition coefficient (Wildman–Crippen LogP) is 4.59. The molecule has 0 bridgehead atoms. The summed E-state index contributed by atoms with van der Waals surface area (Å²) >= 11 is 1.02. The van der Waals surface area contributed by atoms with Gasteiger partial charge in [-0.25, -0.2) is 0 Å². The van der Waals surface area contributed by atoms with Crippen LogP contribution >= 0.6 is 23.5 Å². The molecule has 0 spiro atoms. The fraction of sp³-hybridized carbons (Fsp3) is 0.250. The van der Waals surface area contributed by atoms with E-state index in [2.05, 4.69) is 0 Å². The van der Waals surface area contributed by atoms with E-state index in [1.54, 1.807) is 24.3 Å². The zero-order valence-electron chi connectivity index (χ0n) is 9.53. The first-order valence-electron chi connectivity index (χ1n) is 5.02. The number of alkyl halides is 3. The molecule has 1 aromatic rings. The first-order chi connectivity index (χ1) is 8.37. The zero-order valence-corrected chi connectivity index (χ0v) is 11.2. The maximum Gasteiger partial charge on any atom is 0.446 e. The van der Waals surface area contributed by atoms with Crippen molar-refractivity contribution >= 4 is 34.7 Å². The molecule has 0 saturated carbocycles. The van der Waals surface area contributed by atoms with E-state index in [-0.39, 0.29) is 21.8 Å². The molecular weight excluding hydrogens is 281 g/mol. The lowest BCUT2D eigenvalue weighted by Gasteiger charge is -2.05. The molecule has 0 aliphatic rings. The minimum absolute atomic E-state index is 0.0148. The largest absolute Gasteiger partial charge is 0.446 e. The van der Waals surface area contributed by atoms with Gasteiger partial charge in [0.1, 0.15) is 0 Å². The number of rotatable bonds is 4. The van der Waals surface area contributed by atoms with Crippen molar-refractivity contribution < 1.29 is 18.0 Å². The van der Waals surface area contributed by atoms with Crippen LogP contribution in [0.25, 0.3) is 6.08 Å². The summed E-state index contributed by atoms with van der Waals surface area (Å²) in [5, 5.41) is 0.0148. The Morgan fingerprint density at radius 3 is 2.72 bits per heavy atom. The number of hydrogen-bond donors (Lipinski definition) is 0. The fourth-order valence-electron chi connectivity index (χ4n) is 1.16. The highest BCUT2D eigenvalue weighted by molar-refractivity contribution is 8.13. The molecule has 0 aliphatic heterocycles. The number of thioether (sulfide) groups is 2. The highest BCUT2D eigenvalue weighted by atomic mass is 32.2. The Kier molecular flexibility index (Phi) is 5.81. The van der Waals surface area contributed by atoms with Gasteiger partial charge in [-0.3, -0.25) is 4.79 Å². The van der Waals surface area contributed by atoms with E-state index in [9.17, 15) is 18.0 Å². The standard InChI is InChI=1S/C12H11F3OS2/c1-9(16)17-7-3-5-10-4-2-6-11(8-10)18-12(13,14)15/h2-6,8H,7H2,1H3. The van der Waals surface area contributed by atoms with Crippen molar-refractivity contribution in [3.05, 3.63) is 35.9 Å². The van der Waals surface area contributed by atoms with E-state index in [1.807, 2.05) is 0 Å². The Labute approximate surface area is 112 Å². The number of hydrogen-bond acceptors (Lipinski definition) is 3. The van der Waals surface area contributed by atoms with Gasteiger partial charge >= 0.3 is 5.51 Å². The van der Waals surface area contributed by atoms with Crippen LogP contribution in [0.15, 0.2) is 35.2 Å². The van der Waals surface area contributed by atoms with Gasteiger partial charge in [-0.15, -0.1) is 0 Å². The number of carbonyl (C=O) groups excluding carboxylic acids is 1. The van der Waals surface area contributed by atoms with E-state index in [0.717, 1.165) is 11.8 Å². The van der Waals surface area contributed by atoms with Crippen molar-refractivity contribution in [2.45, 2.75) is 17.3 Å². The van der Waals surface area contributed by atoms with Gasteiger partial charge in [0.05, 0.1) is 0 Å². The van der Waals surface area contributed by atoms with Gasteiger partial charge in [-0.1, -0.05) is 36.0 Å². The van der Waals surface area contributed by atoms with Crippen LogP contribution < -0.4 is 0 Å². The fourth-order valence-corrected chi connectivity index (χ4v) is 2.20. The molecule has 0 N–H and O–H groups in total. The second kappa shape index (κ2) is 6.89. The van der Waals surface area contributed by atoms with Crippen molar-refractivity contribution in [2.24, 2.45) is 0 Å². The summed E-state index contributed by atoms with van der Waals surface area (Å²) in [6.07, 6.45) is 3.46. The van der Waals surface area contributed by atoms with Crippen molar-refractivity contribution in [3.8, 4) is 0 Å². The van der Waals surface area contributed by atoms with E-state index in [4.69, 9.17) is 0 Å². The molecule has 0 heterocycles. The smallest absolute Gasteiger partial charge is 0.288 e. The molecule has 0 saturated heterocycles. The Hall–Kier alpha value is -0.880. The lowest BCUT2D eigenvalue weighted by molar-refractivity contribution is -0.109.